The minimum atomic E-state index is -3.19. The van der Waals surface area contributed by atoms with Gasteiger partial charge in [0.05, 0.1) is 17.3 Å². The predicted octanol–water partition coefficient (Wildman–Crippen LogP) is 3.79. The Bertz CT molecular complexity index is 784. The maximum Gasteiger partial charge on any atom is 0.411 e. The summed E-state index contributed by atoms with van der Waals surface area (Å²) in [6.45, 7) is 3.67. The number of amides is 1. The summed E-state index contributed by atoms with van der Waals surface area (Å²) in [6.07, 6.45) is -0.495. The zero-order valence-electron chi connectivity index (χ0n) is 13.6. The van der Waals surface area contributed by atoms with Crippen molar-refractivity contribution in [3.8, 4) is 0 Å². The van der Waals surface area contributed by atoms with E-state index < -0.39 is 15.9 Å². The minimum Gasteiger partial charge on any atom is -0.450 e. The highest BCUT2D eigenvalue weighted by Gasteiger charge is 2.10. The normalized spacial score (nSPS) is 10.9. The van der Waals surface area contributed by atoms with Gasteiger partial charge in [0.1, 0.15) is 0 Å². The molecule has 0 aliphatic rings. The Morgan fingerprint density at radius 2 is 1.42 bits per heavy atom. The second kappa shape index (κ2) is 7.83. The van der Waals surface area contributed by atoms with Gasteiger partial charge in [-0.3, -0.25) is 5.32 Å². The van der Waals surface area contributed by atoms with Crippen molar-refractivity contribution in [1.82, 2.24) is 0 Å². The van der Waals surface area contributed by atoms with Crippen molar-refractivity contribution in [2.75, 3.05) is 23.0 Å². The second-order valence-electron chi connectivity index (χ2n) is 4.98. The molecule has 0 saturated carbocycles. The monoisotopic (exact) mass is 348 g/mol. The molecule has 0 heterocycles. The number of anilines is 3. The van der Waals surface area contributed by atoms with Gasteiger partial charge < -0.3 is 10.1 Å². The number of carbonyl (C=O) groups excluding carboxylic acids is 1. The minimum absolute atomic E-state index is 0.0781. The molecule has 0 aliphatic heterocycles. The van der Waals surface area contributed by atoms with Gasteiger partial charge in [-0.25, -0.2) is 13.2 Å². The van der Waals surface area contributed by atoms with Crippen LogP contribution in [0.25, 0.3) is 0 Å². The number of hydrogen-bond donors (Lipinski definition) is 2. The molecule has 0 unspecified atom stereocenters. The first-order valence-electron chi connectivity index (χ1n) is 7.58. The van der Waals surface area contributed by atoms with E-state index in [9.17, 15) is 13.2 Å². The van der Waals surface area contributed by atoms with Gasteiger partial charge in [0.25, 0.3) is 0 Å². The summed E-state index contributed by atoms with van der Waals surface area (Å²) in [5, 5.41) is 5.78. The summed E-state index contributed by atoms with van der Waals surface area (Å²) >= 11 is 0. The van der Waals surface area contributed by atoms with Gasteiger partial charge in [0, 0.05) is 17.1 Å². The number of carbonyl (C=O) groups is 1. The molecule has 0 fully saturated rings. The second-order valence-corrected chi connectivity index (χ2v) is 7.25. The number of benzene rings is 2. The molecule has 24 heavy (non-hydrogen) atoms. The zero-order valence-corrected chi connectivity index (χ0v) is 14.4. The van der Waals surface area contributed by atoms with E-state index in [-0.39, 0.29) is 5.75 Å². The van der Waals surface area contributed by atoms with Crippen molar-refractivity contribution in [1.29, 1.82) is 0 Å². The maximum atomic E-state index is 11.8. The fraction of sp³-hybridized carbons (Fsp3) is 0.235. The average molecular weight is 348 g/mol. The predicted molar refractivity (Wildman–Crippen MR) is 94.5 cm³/mol. The van der Waals surface area contributed by atoms with E-state index in [1.165, 1.54) is 0 Å². The van der Waals surface area contributed by atoms with E-state index in [0.29, 0.717) is 17.2 Å². The summed E-state index contributed by atoms with van der Waals surface area (Å²) < 4.78 is 28.4. The number of hydrogen-bond acceptors (Lipinski definition) is 5. The van der Waals surface area contributed by atoms with Gasteiger partial charge in [0.15, 0.2) is 9.84 Å². The van der Waals surface area contributed by atoms with Crippen LogP contribution in [0.2, 0.25) is 0 Å². The maximum absolute atomic E-state index is 11.8. The summed E-state index contributed by atoms with van der Waals surface area (Å²) in [6, 6.07) is 13.7. The van der Waals surface area contributed by atoms with Crippen LogP contribution in [-0.2, 0) is 14.6 Å². The quantitative estimate of drug-likeness (QED) is 0.829. The summed E-state index contributed by atoms with van der Waals surface area (Å²) in [4.78, 5) is 11.6. The molecule has 0 bridgehead atoms. The molecule has 0 spiro atoms. The van der Waals surface area contributed by atoms with Crippen LogP contribution in [0.15, 0.2) is 53.4 Å². The molecular formula is C17H20N2O4S. The van der Waals surface area contributed by atoms with Gasteiger partial charge in [-0.2, -0.15) is 0 Å². The third kappa shape index (κ3) is 4.73. The molecule has 128 valence electrons. The molecule has 0 atom stereocenters. The lowest BCUT2D eigenvalue weighted by molar-refractivity contribution is 0.168. The van der Waals surface area contributed by atoms with E-state index >= 15 is 0 Å². The molecule has 0 aliphatic carbocycles. The van der Waals surface area contributed by atoms with E-state index in [4.69, 9.17) is 4.74 Å². The van der Waals surface area contributed by atoms with E-state index in [2.05, 4.69) is 10.6 Å². The molecule has 0 aromatic heterocycles. The third-order valence-corrected chi connectivity index (χ3v) is 5.04. The van der Waals surface area contributed by atoms with Crippen molar-refractivity contribution in [2.24, 2.45) is 0 Å². The molecule has 2 aromatic carbocycles. The molecule has 2 rings (SSSR count). The molecule has 1 amide bonds. The van der Waals surface area contributed by atoms with Crippen molar-refractivity contribution >= 4 is 33.0 Å². The fourth-order valence-corrected chi connectivity index (χ4v) is 2.88. The standard InChI is InChI=1S/C17H20N2O4S/c1-3-23-17(20)19-15-7-5-13(6-8-15)18-14-9-11-16(12-10-14)24(21,22)4-2/h5-12,18H,3-4H2,1-2H3,(H,19,20). The molecule has 2 aromatic rings. The highest BCUT2D eigenvalue weighted by Crippen LogP contribution is 2.21. The Labute approximate surface area is 141 Å². The first-order valence-corrected chi connectivity index (χ1v) is 9.23. The molecule has 2 N–H and O–H groups in total. The van der Waals surface area contributed by atoms with Crippen LogP contribution in [0.3, 0.4) is 0 Å². The van der Waals surface area contributed by atoms with Crippen molar-refractivity contribution < 1.29 is 17.9 Å². The van der Waals surface area contributed by atoms with Crippen molar-refractivity contribution in [3.05, 3.63) is 48.5 Å². The number of ether oxygens (including phenoxy) is 1. The first-order chi connectivity index (χ1) is 11.4. The Kier molecular flexibility index (Phi) is 5.81. The van der Waals surface area contributed by atoms with Gasteiger partial charge in [0.2, 0.25) is 0 Å². The number of sulfone groups is 1. The van der Waals surface area contributed by atoms with Crippen LogP contribution in [0.5, 0.6) is 0 Å². The fourth-order valence-electron chi connectivity index (χ4n) is 2.00. The summed E-state index contributed by atoms with van der Waals surface area (Å²) in [5.74, 6) is 0.0781. The van der Waals surface area contributed by atoms with E-state index in [1.807, 2.05) is 0 Å². The lowest BCUT2D eigenvalue weighted by Crippen LogP contribution is -2.13. The van der Waals surface area contributed by atoms with Crippen molar-refractivity contribution in [3.63, 3.8) is 0 Å². The number of rotatable bonds is 6. The largest absolute Gasteiger partial charge is 0.450 e. The molecule has 6 nitrogen and oxygen atoms in total. The van der Waals surface area contributed by atoms with Crippen LogP contribution in [0.4, 0.5) is 21.9 Å². The van der Waals surface area contributed by atoms with Crippen LogP contribution < -0.4 is 10.6 Å². The molecule has 0 saturated heterocycles. The van der Waals surface area contributed by atoms with E-state index in [0.717, 1.165) is 11.4 Å². The molecular weight excluding hydrogens is 328 g/mol. The Balaban J connectivity index is 2.02. The highest BCUT2D eigenvalue weighted by molar-refractivity contribution is 7.91. The summed E-state index contributed by atoms with van der Waals surface area (Å²) in [7, 11) is -3.19. The molecule has 0 radical (unpaired) electrons. The average Bonchev–Trinajstić information content (AvgIpc) is 2.57. The van der Waals surface area contributed by atoms with Gasteiger partial charge >= 0.3 is 6.09 Å². The lowest BCUT2D eigenvalue weighted by Gasteiger charge is -2.09. The Morgan fingerprint density at radius 3 is 1.92 bits per heavy atom. The first kappa shape index (κ1) is 17.8. The smallest absolute Gasteiger partial charge is 0.411 e. The van der Waals surface area contributed by atoms with E-state index in [1.54, 1.807) is 62.4 Å². The van der Waals surface area contributed by atoms with Gasteiger partial charge in [-0.05, 0) is 55.5 Å². The molecule has 7 heteroatoms. The SMILES string of the molecule is CCOC(=O)Nc1ccc(Nc2ccc(S(=O)(=O)CC)cc2)cc1. The Hall–Kier alpha value is -2.54. The Morgan fingerprint density at radius 1 is 0.917 bits per heavy atom. The third-order valence-electron chi connectivity index (χ3n) is 3.29. The van der Waals surface area contributed by atoms with Crippen LogP contribution in [0.1, 0.15) is 13.8 Å². The lowest BCUT2D eigenvalue weighted by atomic mass is 10.2. The zero-order chi connectivity index (χ0) is 17.6. The van der Waals surface area contributed by atoms with Crippen LogP contribution in [-0.4, -0.2) is 26.9 Å². The van der Waals surface area contributed by atoms with Crippen LogP contribution in [0, 0.1) is 0 Å². The topological polar surface area (TPSA) is 84.5 Å². The van der Waals surface area contributed by atoms with Gasteiger partial charge in [-0.1, -0.05) is 6.92 Å². The van der Waals surface area contributed by atoms with Crippen molar-refractivity contribution in [2.45, 2.75) is 18.7 Å². The highest BCUT2D eigenvalue weighted by atomic mass is 32.2. The summed E-state index contributed by atoms with van der Waals surface area (Å²) in [5.41, 5.74) is 2.22. The van der Waals surface area contributed by atoms with Gasteiger partial charge in [-0.15, -0.1) is 0 Å². The number of nitrogens with one attached hydrogen (secondary N) is 2. The van der Waals surface area contributed by atoms with Crippen LogP contribution >= 0.6 is 0 Å².